The van der Waals surface area contributed by atoms with Crippen molar-refractivity contribution in [1.82, 2.24) is 4.90 Å². The molecule has 0 N–H and O–H groups in total. The van der Waals surface area contributed by atoms with Crippen LogP contribution in [0.1, 0.15) is 22.8 Å². The van der Waals surface area contributed by atoms with Crippen LogP contribution in [-0.2, 0) is 6.54 Å². The maximum atomic E-state index is 13.2. The van der Waals surface area contributed by atoms with E-state index < -0.39 is 0 Å². The Labute approximate surface area is 129 Å². The van der Waals surface area contributed by atoms with Crippen LogP contribution in [0, 0.1) is 5.82 Å². The van der Waals surface area contributed by atoms with Gasteiger partial charge in [-0.15, -0.1) is 0 Å². The molecule has 2 aromatic carbocycles. The van der Waals surface area contributed by atoms with E-state index in [2.05, 4.69) is 0 Å². The summed E-state index contributed by atoms with van der Waals surface area (Å²) < 4.78 is 13.2. The van der Waals surface area contributed by atoms with Gasteiger partial charge in [0.05, 0.1) is 6.04 Å². The van der Waals surface area contributed by atoms with E-state index in [-0.39, 0.29) is 17.6 Å². The molecule has 0 heterocycles. The Hall–Kier alpha value is -1.71. The highest BCUT2D eigenvalue weighted by Gasteiger charge is 2.19. The number of ketones is 1. The van der Waals surface area contributed by atoms with Gasteiger partial charge < -0.3 is 0 Å². The van der Waals surface area contributed by atoms with E-state index in [1.165, 1.54) is 12.1 Å². The van der Waals surface area contributed by atoms with Gasteiger partial charge in [-0.3, -0.25) is 9.69 Å². The molecule has 0 aliphatic rings. The Bertz CT molecular complexity index is 627. The molecule has 110 valence electrons. The number of halogens is 2. The van der Waals surface area contributed by atoms with E-state index in [1.54, 1.807) is 30.3 Å². The van der Waals surface area contributed by atoms with Crippen LogP contribution >= 0.6 is 11.6 Å². The number of carbonyl (C=O) groups excluding carboxylic acids is 1. The van der Waals surface area contributed by atoms with Crippen molar-refractivity contribution in [1.29, 1.82) is 0 Å². The molecule has 4 heteroatoms. The molecule has 2 nitrogen and oxygen atoms in total. The molecule has 2 aromatic rings. The number of hydrogen-bond donors (Lipinski definition) is 0. The van der Waals surface area contributed by atoms with Crippen molar-refractivity contribution in [3.05, 3.63) is 70.5 Å². The first-order valence-electron chi connectivity index (χ1n) is 6.72. The van der Waals surface area contributed by atoms with Crippen molar-refractivity contribution < 1.29 is 9.18 Å². The molecular weight excluding hydrogens is 289 g/mol. The summed E-state index contributed by atoms with van der Waals surface area (Å²) in [5.74, 6) is -0.247. The number of hydrogen-bond acceptors (Lipinski definition) is 2. The van der Waals surface area contributed by atoms with Crippen LogP contribution in [0.3, 0.4) is 0 Å². The van der Waals surface area contributed by atoms with Crippen molar-refractivity contribution in [2.45, 2.75) is 19.5 Å². The molecule has 0 aromatic heterocycles. The Balaban J connectivity index is 2.06. The van der Waals surface area contributed by atoms with Crippen LogP contribution in [0.15, 0.2) is 48.5 Å². The molecule has 0 saturated heterocycles. The highest BCUT2D eigenvalue weighted by molar-refractivity contribution is 6.30. The smallest absolute Gasteiger partial charge is 0.179 e. The third kappa shape index (κ3) is 4.13. The second-order valence-electron chi connectivity index (χ2n) is 5.09. The highest BCUT2D eigenvalue weighted by Crippen LogP contribution is 2.15. The number of nitrogens with zero attached hydrogens (tertiary/aromatic N) is 1. The van der Waals surface area contributed by atoms with Crippen LogP contribution in [0.5, 0.6) is 0 Å². The van der Waals surface area contributed by atoms with E-state index >= 15 is 0 Å². The number of Topliss-reactive ketones (excluding diaryl/α,β-unsaturated/α-hetero) is 1. The number of likely N-dealkylation sites (N-methyl/N-ethyl adjacent to an activating group) is 1. The fraction of sp³-hybridized carbons (Fsp3) is 0.235. The summed E-state index contributed by atoms with van der Waals surface area (Å²) in [6.07, 6.45) is 0. The quantitative estimate of drug-likeness (QED) is 0.772. The van der Waals surface area contributed by atoms with Crippen LogP contribution < -0.4 is 0 Å². The average molecular weight is 306 g/mol. The zero-order chi connectivity index (χ0) is 15.4. The normalized spacial score (nSPS) is 12.4. The summed E-state index contributed by atoms with van der Waals surface area (Å²) in [4.78, 5) is 14.3. The summed E-state index contributed by atoms with van der Waals surface area (Å²) in [6, 6.07) is 13.0. The Morgan fingerprint density at radius 2 is 1.90 bits per heavy atom. The Morgan fingerprint density at radius 3 is 2.52 bits per heavy atom. The summed E-state index contributed by atoms with van der Waals surface area (Å²) in [5, 5.41) is 0.604. The van der Waals surface area contributed by atoms with Crippen molar-refractivity contribution >= 4 is 17.4 Å². The van der Waals surface area contributed by atoms with Crippen LogP contribution in [-0.4, -0.2) is 23.8 Å². The van der Waals surface area contributed by atoms with Gasteiger partial charge in [-0.2, -0.15) is 0 Å². The molecule has 0 radical (unpaired) electrons. The number of rotatable bonds is 5. The first kappa shape index (κ1) is 15.7. The van der Waals surface area contributed by atoms with Crippen molar-refractivity contribution in [3.8, 4) is 0 Å². The van der Waals surface area contributed by atoms with Gasteiger partial charge in [0.25, 0.3) is 0 Å². The van der Waals surface area contributed by atoms with Gasteiger partial charge in [0.15, 0.2) is 5.78 Å². The molecule has 0 fully saturated rings. The third-order valence-corrected chi connectivity index (χ3v) is 3.74. The van der Waals surface area contributed by atoms with Gasteiger partial charge >= 0.3 is 0 Å². The maximum absolute atomic E-state index is 13.2. The van der Waals surface area contributed by atoms with E-state index in [0.717, 1.165) is 5.56 Å². The lowest BCUT2D eigenvalue weighted by Gasteiger charge is -2.23. The van der Waals surface area contributed by atoms with E-state index in [1.807, 2.05) is 24.9 Å². The minimum atomic E-state index is -0.297. The summed E-state index contributed by atoms with van der Waals surface area (Å²) in [6.45, 7) is 2.36. The van der Waals surface area contributed by atoms with Gasteiger partial charge in [-0.25, -0.2) is 4.39 Å². The topological polar surface area (TPSA) is 20.3 Å². The zero-order valence-corrected chi connectivity index (χ0v) is 12.8. The predicted molar refractivity (Wildman–Crippen MR) is 83.1 cm³/mol. The largest absolute Gasteiger partial charge is 0.292 e. The molecular formula is C17H17ClFNO. The lowest BCUT2D eigenvalue weighted by atomic mass is 10.0. The molecule has 0 amide bonds. The molecule has 2 rings (SSSR count). The molecule has 1 atom stereocenters. The third-order valence-electron chi connectivity index (χ3n) is 3.49. The Morgan fingerprint density at radius 1 is 1.24 bits per heavy atom. The summed E-state index contributed by atoms with van der Waals surface area (Å²) in [7, 11) is 1.85. The van der Waals surface area contributed by atoms with E-state index in [9.17, 15) is 9.18 Å². The lowest BCUT2D eigenvalue weighted by molar-refractivity contribution is 0.0862. The first-order chi connectivity index (χ1) is 9.97. The molecule has 0 bridgehead atoms. The monoisotopic (exact) mass is 305 g/mol. The summed E-state index contributed by atoms with van der Waals surface area (Å²) in [5.41, 5.74) is 1.46. The van der Waals surface area contributed by atoms with Gasteiger partial charge in [0.1, 0.15) is 5.82 Å². The fourth-order valence-corrected chi connectivity index (χ4v) is 2.24. The average Bonchev–Trinajstić information content (AvgIpc) is 2.46. The number of benzene rings is 2. The SMILES string of the molecule is CC(C(=O)c1ccc(Cl)cc1)N(C)Cc1cccc(F)c1. The van der Waals surface area contributed by atoms with E-state index in [4.69, 9.17) is 11.6 Å². The second-order valence-corrected chi connectivity index (χ2v) is 5.53. The van der Waals surface area contributed by atoms with E-state index in [0.29, 0.717) is 17.1 Å². The van der Waals surface area contributed by atoms with Crippen molar-refractivity contribution in [2.75, 3.05) is 7.05 Å². The molecule has 0 saturated carbocycles. The predicted octanol–water partition coefficient (Wildman–Crippen LogP) is 4.18. The van der Waals surface area contributed by atoms with Crippen molar-refractivity contribution in [2.24, 2.45) is 0 Å². The number of carbonyl (C=O) groups is 1. The minimum Gasteiger partial charge on any atom is -0.292 e. The molecule has 21 heavy (non-hydrogen) atoms. The van der Waals surface area contributed by atoms with Gasteiger partial charge in [-0.1, -0.05) is 23.7 Å². The van der Waals surface area contributed by atoms with Crippen LogP contribution in [0.25, 0.3) is 0 Å². The van der Waals surface area contributed by atoms with Crippen LogP contribution in [0.4, 0.5) is 4.39 Å². The summed E-state index contributed by atoms with van der Waals surface area (Å²) >= 11 is 5.82. The molecule has 1 unspecified atom stereocenters. The van der Waals surface area contributed by atoms with Gasteiger partial charge in [-0.05, 0) is 55.9 Å². The molecule has 0 aliphatic heterocycles. The first-order valence-corrected chi connectivity index (χ1v) is 7.09. The maximum Gasteiger partial charge on any atom is 0.179 e. The second kappa shape index (κ2) is 6.83. The van der Waals surface area contributed by atoms with Gasteiger partial charge in [0.2, 0.25) is 0 Å². The molecule has 0 aliphatic carbocycles. The Kier molecular flexibility index (Phi) is 5.10. The zero-order valence-electron chi connectivity index (χ0n) is 12.0. The fourth-order valence-electron chi connectivity index (χ4n) is 2.12. The minimum absolute atomic E-state index is 0.0190. The highest BCUT2D eigenvalue weighted by atomic mass is 35.5. The van der Waals surface area contributed by atoms with Crippen LogP contribution in [0.2, 0.25) is 5.02 Å². The standard InChI is InChI=1S/C17H17ClFNO/c1-12(17(21)14-6-8-15(18)9-7-14)20(2)11-13-4-3-5-16(19)10-13/h3-10,12H,11H2,1-2H3. The van der Waals surface area contributed by atoms with Crippen molar-refractivity contribution in [3.63, 3.8) is 0 Å². The van der Waals surface area contributed by atoms with Gasteiger partial charge in [0, 0.05) is 17.1 Å². The lowest BCUT2D eigenvalue weighted by Crippen LogP contribution is -2.35. The molecule has 0 spiro atoms.